The fourth-order valence-electron chi connectivity index (χ4n) is 3.52. The molecule has 1 atom stereocenters. The van der Waals surface area contributed by atoms with Crippen molar-refractivity contribution in [2.24, 2.45) is 0 Å². The van der Waals surface area contributed by atoms with Gasteiger partial charge in [0.2, 0.25) is 0 Å². The lowest BCUT2D eigenvalue weighted by Gasteiger charge is -2.19. The molecule has 1 aliphatic rings. The lowest BCUT2D eigenvalue weighted by atomic mass is 9.92. The molecule has 0 aliphatic carbocycles. The number of fused-ring (bicyclic) bond motifs is 1. The van der Waals surface area contributed by atoms with Gasteiger partial charge in [0.15, 0.2) is 5.78 Å². The van der Waals surface area contributed by atoms with Gasteiger partial charge in [0.1, 0.15) is 0 Å². The number of thioether (sulfide) groups is 1. The number of carbonyl (C=O) groups excluding carboxylic acids is 1. The van der Waals surface area contributed by atoms with Crippen molar-refractivity contribution in [3.05, 3.63) is 63.7 Å². The highest BCUT2D eigenvalue weighted by Gasteiger charge is 2.21. The summed E-state index contributed by atoms with van der Waals surface area (Å²) in [6, 6.07) is 12.3. The van der Waals surface area contributed by atoms with Crippen molar-refractivity contribution in [2.75, 3.05) is 13.1 Å². The van der Waals surface area contributed by atoms with Gasteiger partial charge in [-0.3, -0.25) is 4.79 Å². The molecule has 1 aliphatic heterocycles. The highest BCUT2D eigenvalue weighted by molar-refractivity contribution is 7.98. The lowest BCUT2D eigenvalue weighted by molar-refractivity contribution is 0.0988. The fourth-order valence-corrected chi connectivity index (χ4v) is 4.97. The van der Waals surface area contributed by atoms with Crippen LogP contribution in [0.4, 0.5) is 0 Å². The van der Waals surface area contributed by atoms with E-state index < -0.39 is 0 Å². The van der Waals surface area contributed by atoms with E-state index in [1.54, 1.807) is 0 Å². The zero-order valence-electron chi connectivity index (χ0n) is 15.5. The topological polar surface area (TPSA) is 29.1 Å². The van der Waals surface area contributed by atoms with E-state index >= 15 is 0 Å². The van der Waals surface area contributed by atoms with Crippen molar-refractivity contribution in [1.82, 2.24) is 5.32 Å². The second-order valence-electron chi connectivity index (χ2n) is 6.77. The summed E-state index contributed by atoms with van der Waals surface area (Å²) in [5.41, 5.74) is 4.88. The van der Waals surface area contributed by atoms with E-state index in [0.29, 0.717) is 12.3 Å². The molecule has 1 N–H and O–H groups in total. The monoisotopic (exact) mass is 387 g/mol. The van der Waals surface area contributed by atoms with Crippen LogP contribution in [0, 0.1) is 0 Å². The van der Waals surface area contributed by atoms with E-state index in [9.17, 15) is 4.79 Å². The number of Topliss-reactive ketones (excluding diaryl/α,β-unsaturated/α-hetero) is 1. The molecule has 0 bridgehead atoms. The Bertz CT molecular complexity index is 772. The number of halogens is 1. The van der Waals surface area contributed by atoms with Crippen molar-refractivity contribution < 1.29 is 4.79 Å². The van der Waals surface area contributed by atoms with Gasteiger partial charge < -0.3 is 5.32 Å². The summed E-state index contributed by atoms with van der Waals surface area (Å²) in [6.07, 6.45) is 2.71. The number of hydrogen-bond acceptors (Lipinski definition) is 3. The Kier molecular flexibility index (Phi) is 6.80. The minimum atomic E-state index is 0.193. The van der Waals surface area contributed by atoms with Crippen LogP contribution in [0.15, 0.2) is 41.3 Å². The molecular weight excluding hydrogens is 362 g/mol. The zero-order chi connectivity index (χ0) is 18.5. The Morgan fingerprint density at radius 3 is 2.65 bits per heavy atom. The third-order valence-corrected chi connectivity index (χ3v) is 6.76. The predicted octanol–water partition coefficient (Wildman–Crippen LogP) is 5.86. The van der Waals surface area contributed by atoms with Gasteiger partial charge in [-0.15, -0.1) is 11.8 Å². The van der Waals surface area contributed by atoms with Crippen LogP contribution in [-0.4, -0.2) is 18.9 Å². The van der Waals surface area contributed by atoms with Crippen molar-refractivity contribution in [2.45, 2.75) is 49.7 Å². The Morgan fingerprint density at radius 1 is 1.19 bits per heavy atom. The van der Waals surface area contributed by atoms with E-state index in [1.807, 2.05) is 30.8 Å². The van der Waals surface area contributed by atoms with Gasteiger partial charge in [-0.05, 0) is 48.1 Å². The number of ketones is 1. The van der Waals surface area contributed by atoms with Crippen LogP contribution in [0.5, 0.6) is 0 Å². The molecule has 2 aromatic carbocycles. The molecule has 0 saturated carbocycles. The molecule has 0 aromatic heterocycles. The first-order valence-electron chi connectivity index (χ1n) is 9.41. The van der Waals surface area contributed by atoms with Gasteiger partial charge in [0.25, 0.3) is 0 Å². The number of nitrogens with one attached hydrogen (secondary N) is 1. The number of rotatable bonds is 6. The van der Waals surface area contributed by atoms with E-state index in [0.717, 1.165) is 42.3 Å². The maximum Gasteiger partial charge on any atom is 0.162 e. The smallest absolute Gasteiger partial charge is 0.162 e. The molecular formula is C22H26ClNOS. The summed E-state index contributed by atoms with van der Waals surface area (Å²) < 4.78 is 0. The molecule has 138 valence electrons. The molecule has 0 fully saturated rings. The SMILES string of the molecule is CCC(=O)c1ccc(CSc2c(Cl)ccc3c2CCNCC3CC)cc1. The van der Waals surface area contributed by atoms with Gasteiger partial charge >= 0.3 is 0 Å². The standard InChI is InChI=1S/C22H26ClNOS/c1-3-16-13-24-12-11-19-18(16)9-10-20(23)22(19)26-14-15-5-7-17(8-6-15)21(25)4-2/h5-10,16,24H,3-4,11-14H2,1-2H3. The van der Waals surface area contributed by atoms with Crippen LogP contribution in [0.1, 0.15) is 59.7 Å². The first-order valence-corrected chi connectivity index (χ1v) is 10.8. The molecule has 0 amide bonds. The minimum absolute atomic E-state index is 0.193. The zero-order valence-corrected chi connectivity index (χ0v) is 17.1. The van der Waals surface area contributed by atoms with E-state index in [-0.39, 0.29) is 5.78 Å². The van der Waals surface area contributed by atoms with Crippen LogP contribution >= 0.6 is 23.4 Å². The molecule has 3 rings (SSSR count). The summed E-state index contributed by atoms with van der Waals surface area (Å²) in [4.78, 5) is 13.0. The number of benzene rings is 2. The van der Waals surface area contributed by atoms with Gasteiger partial charge in [0, 0.05) is 29.2 Å². The number of carbonyl (C=O) groups is 1. The van der Waals surface area contributed by atoms with Gasteiger partial charge in [-0.1, -0.05) is 55.8 Å². The van der Waals surface area contributed by atoms with Crippen LogP contribution < -0.4 is 5.32 Å². The Balaban J connectivity index is 1.80. The third kappa shape index (κ3) is 4.33. The summed E-state index contributed by atoms with van der Waals surface area (Å²) in [5.74, 6) is 1.61. The fraction of sp³-hybridized carbons (Fsp3) is 0.409. The maximum absolute atomic E-state index is 11.8. The second kappa shape index (κ2) is 9.07. The minimum Gasteiger partial charge on any atom is -0.316 e. The largest absolute Gasteiger partial charge is 0.316 e. The van der Waals surface area contributed by atoms with Crippen molar-refractivity contribution in [1.29, 1.82) is 0 Å². The molecule has 0 saturated heterocycles. The Morgan fingerprint density at radius 2 is 1.96 bits per heavy atom. The second-order valence-corrected chi connectivity index (χ2v) is 8.16. The highest BCUT2D eigenvalue weighted by atomic mass is 35.5. The third-order valence-electron chi connectivity index (χ3n) is 5.10. The van der Waals surface area contributed by atoms with Crippen LogP contribution in [0.2, 0.25) is 5.02 Å². The highest BCUT2D eigenvalue weighted by Crippen LogP contribution is 2.38. The Hall–Kier alpha value is -1.29. The van der Waals surface area contributed by atoms with Gasteiger partial charge in [-0.25, -0.2) is 0 Å². The van der Waals surface area contributed by atoms with Crippen LogP contribution in [0.3, 0.4) is 0 Å². The average molecular weight is 388 g/mol. The van der Waals surface area contributed by atoms with Crippen molar-refractivity contribution >= 4 is 29.1 Å². The molecule has 2 aromatic rings. The van der Waals surface area contributed by atoms with Gasteiger partial charge in [0.05, 0.1) is 5.02 Å². The van der Waals surface area contributed by atoms with Crippen LogP contribution in [0.25, 0.3) is 0 Å². The molecule has 4 heteroatoms. The summed E-state index contributed by atoms with van der Waals surface area (Å²) in [5, 5.41) is 4.40. The van der Waals surface area contributed by atoms with E-state index in [1.165, 1.54) is 21.6 Å². The first-order chi connectivity index (χ1) is 12.6. The summed E-state index contributed by atoms with van der Waals surface area (Å²) in [7, 11) is 0. The van der Waals surface area contributed by atoms with Crippen molar-refractivity contribution in [3.8, 4) is 0 Å². The molecule has 0 spiro atoms. The van der Waals surface area contributed by atoms with E-state index in [2.05, 4.69) is 36.5 Å². The summed E-state index contributed by atoms with van der Waals surface area (Å²) in [6.45, 7) is 6.20. The van der Waals surface area contributed by atoms with Crippen LogP contribution in [-0.2, 0) is 12.2 Å². The molecule has 2 nitrogen and oxygen atoms in total. The van der Waals surface area contributed by atoms with Crippen molar-refractivity contribution in [3.63, 3.8) is 0 Å². The first kappa shape index (κ1) is 19.5. The van der Waals surface area contributed by atoms with E-state index in [4.69, 9.17) is 11.6 Å². The predicted molar refractivity (Wildman–Crippen MR) is 112 cm³/mol. The summed E-state index contributed by atoms with van der Waals surface area (Å²) >= 11 is 8.38. The quantitative estimate of drug-likeness (QED) is 0.496. The Labute approximate surface area is 165 Å². The average Bonchev–Trinajstić information content (AvgIpc) is 2.89. The molecule has 0 radical (unpaired) electrons. The molecule has 1 unspecified atom stereocenters. The van der Waals surface area contributed by atoms with Gasteiger partial charge in [-0.2, -0.15) is 0 Å². The molecule has 26 heavy (non-hydrogen) atoms. The maximum atomic E-state index is 11.8. The lowest BCUT2D eigenvalue weighted by Crippen LogP contribution is -2.19. The molecule has 1 heterocycles. The number of hydrogen-bond donors (Lipinski definition) is 1. The normalized spacial score (nSPS) is 16.8.